The van der Waals surface area contributed by atoms with Gasteiger partial charge in [-0.05, 0) is 6.07 Å². The van der Waals surface area contributed by atoms with Crippen molar-refractivity contribution in [3.05, 3.63) is 23.2 Å². The Balaban J connectivity index is 2.09. The fourth-order valence-electron chi connectivity index (χ4n) is 1.93. The van der Waals surface area contributed by atoms with Gasteiger partial charge in [-0.1, -0.05) is 11.6 Å². The molecule has 5 nitrogen and oxygen atoms in total. The minimum absolute atomic E-state index is 0.416. The van der Waals surface area contributed by atoms with Crippen LogP contribution in [0.2, 0.25) is 5.02 Å². The molecule has 2 aromatic rings. The Morgan fingerprint density at radius 1 is 1.22 bits per heavy atom. The summed E-state index contributed by atoms with van der Waals surface area (Å²) in [6.07, 6.45) is 0. The summed E-state index contributed by atoms with van der Waals surface area (Å²) in [7, 11) is 0. The third-order valence-electron chi connectivity index (χ3n) is 2.63. The Morgan fingerprint density at radius 3 is 2.50 bits per heavy atom. The van der Waals surface area contributed by atoms with Crippen molar-refractivity contribution in [3.8, 4) is 22.8 Å². The quantitative estimate of drug-likeness (QED) is 0.832. The normalized spacial score (nSPS) is 15.9. The molecule has 0 fully saturated rings. The van der Waals surface area contributed by atoms with Gasteiger partial charge in [-0.15, -0.1) is 0 Å². The van der Waals surface area contributed by atoms with Crippen molar-refractivity contribution < 1.29 is 9.47 Å². The fraction of sp³-hybridized carbons (Fsp3) is 0.250. The third kappa shape index (κ3) is 1.76. The molecule has 18 heavy (non-hydrogen) atoms. The lowest BCUT2D eigenvalue weighted by Gasteiger charge is -2.16. The highest BCUT2D eigenvalue weighted by molar-refractivity contribution is 6.33. The van der Waals surface area contributed by atoms with Crippen molar-refractivity contribution >= 4 is 17.4 Å². The fourth-order valence-corrected chi connectivity index (χ4v) is 2.18. The Kier molecular flexibility index (Phi) is 2.22. The van der Waals surface area contributed by atoms with Crippen molar-refractivity contribution in [2.75, 3.05) is 5.73 Å². The van der Waals surface area contributed by atoms with Crippen LogP contribution in [-0.4, -0.2) is 16.0 Å². The number of nitrogens with two attached hydrogens (primary N) is 1. The zero-order chi connectivity index (χ0) is 12.9. The van der Waals surface area contributed by atoms with Crippen LogP contribution in [0.1, 0.15) is 13.8 Å². The number of aromatic amines is 1. The SMILES string of the molecule is CC1(C)Oc2cc(Cl)c(-c3cc(N)n[nH]3)cc2O1. The number of halogens is 1. The Labute approximate surface area is 109 Å². The monoisotopic (exact) mass is 265 g/mol. The van der Waals surface area contributed by atoms with Crippen LogP contribution < -0.4 is 15.2 Å². The molecule has 0 radical (unpaired) electrons. The third-order valence-corrected chi connectivity index (χ3v) is 2.95. The Morgan fingerprint density at radius 2 is 1.89 bits per heavy atom. The van der Waals surface area contributed by atoms with E-state index in [1.54, 1.807) is 12.1 Å². The first kappa shape index (κ1) is 11.2. The molecule has 94 valence electrons. The molecule has 3 N–H and O–H groups in total. The summed E-state index contributed by atoms with van der Waals surface area (Å²) in [6.45, 7) is 3.68. The molecule has 0 saturated carbocycles. The predicted octanol–water partition coefficient (Wildman–Crippen LogP) is 2.82. The van der Waals surface area contributed by atoms with Crippen LogP contribution in [0.5, 0.6) is 11.5 Å². The maximum Gasteiger partial charge on any atom is 0.246 e. The first-order valence-corrected chi connectivity index (χ1v) is 5.85. The topological polar surface area (TPSA) is 73.2 Å². The molecule has 6 heteroatoms. The minimum Gasteiger partial charge on any atom is -0.449 e. The molecule has 1 aromatic carbocycles. The minimum atomic E-state index is -0.669. The van der Waals surface area contributed by atoms with Crippen molar-refractivity contribution in [1.82, 2.24) is 10.2 Å². The van der Waals surface area contributed by atoms with Crippen LogP contribution in [0.25, 0.3) is 11.3 Å². The number of nitrogens with one attached hydrogen (secondary N) is 1. The van der Waals surface area contributed by atoms with E-state index in [9.17, 15) is 0 Å². The number of ether oxygens (including phenoxy) is 2. The van der Waals surface area contributed by atoms with E-state index in [1.165, 1.54) is 0 Å². The van der Waals surface area contributed by atoms with Gasteiger partial charge in [0.15, 0.2) is 11.5 Å². The number of benzene rings is 1. The maximum atomic E-state index is 6.22. The van der Waals surface area contributed by atoms with Gasteiger partial charge in [0.05, 0.1) is 10.7 Å². The van der Waals surface area contributed by atoms with E-state index in [0.29, 0.717) is 22.3 Å². The van der Waals surface area contributed by atoms with Gasteiger partial charge >= 0.3 is 0 Å². The second kappa shape index (κ2) is 3.55. The summed E-state index contributed by atoms with van der Waals surface area (Å²) in [5.74, 6) is 1.05. The van der Waals surface area contributed by atoms with Crippen LogP contribution in [-0.2, 0) is 0 Å². The molecule has 3 rings (SSSR count). The van der Waals surface area contributed by atoms with E-state index in [-0.39, 0.29) is 0 Å². The molecule has 0 spiro atoms. The van der Waals surface area contributed by atoms with E-state index in [0.717, 1.165) is 11.3 Å². The van der Waals surface area contributed by atoms with Crippen molar-refractivity contribution in [2.45, 2.75) is 19.6 Å². The number of nitrogens with zero attached hydrogens (tertiary/aromatic N) is 1. The van der Waals surface area contributed by atoms with Gasteiger partial charge < -0.3 is 15.2 Å². The van der Waals surface area contributed by atoms with Crippen molar-refractivity contribution in [1.29, 1.82) is 0 Å². The van der Waals surface area contributed by atoms with Gasteiger partial charge in [0, 0.05) is 31.5 Å². The van der Waals surface area contributed by atoms with Crippen LogP contribution in [0.15, 0.2) is 18.2 Å². The smallest absolute Gasteiger partial charge is 0.246 e. The summed E-state index contributed by atoms with van der Waals surface area (Å²) >= 11 is 6.22. The highest BCUT2D eigenvalue weighted by Gasteiger charge is 2.32. The summed E-state index contributed by atoms with van der Waals surface area (Å²) in [5, 5.41) is 7.25. The number of anilines is 1. The van der Waals surface area contributed by atoms with Crippen LogP contribution in [0.3, 0.4) is 0 Å². The lowest BCUT2D eigenvalue weighted by atomic mass is 10.1. The van der Waals surface area contributed by atoms with Gasteiger partial charge in [-0.2, -0.15) is 5.10 Å². The number of aromatic nitrogens is 2. The molecule has 0 bridgehead atoms. The van der Waals surface area contributed by atoms with Gasteiger partial charge in [-0.3, -0.25) is 5.10 Å². The number of hydrogen-bond donors (Lipinski definition) is 2. The van der Waals surface area contributed by atoms with E-state index in [4.69, 9.17) is 26.8 Å². The van der Waals surface area contributed by atoms with Crippen LogP contribution in [0.4, 0.5) is 5.82 Å². The number of H-pyrrole nitrogens is 1. The van der Waals surface area contributed by atoms with Gasteiger partial charge in [0.1, 0.15) is 5.82 Å². The predicted molar refractivity (Wildman–Crippen MR) is 68.8 cm³/mol. The molecule has 1 aromatic heterocycles. The van der Waals surface area contributed by atoms with Crippen molar-refractivity contribution in [3.63, 3.8) is 0 Å². The van der Waals surface area contributed by atoms with Crippen molar-refractivity contribution in [2.24, 2.45) is 0 Å². The highest BCUT2D eigenvalue weighted by Crippen LogP contribution is 2.44. The summed E-state index contributed by atoms with van der Waals surface area (Å²) in [5.41, 5.74) is 7.10. The lowest BCUT2D eigenvalue weighted by Crippen LogP contribution is -2.29. The Bertz CT molecular complexity index is 622. The molecule has 0 saturated heterocycles. The maximum absolute atomic E-state index is 6.22. The number of rotatable bonds is 1. The highest BCUT2D eigenvalue weighted by atomic mass is 35.5. The number of fused-ring (bicyclic) bond motifs is 1. The molecule has 0 aliphatic carbocycles. The first-order valence-electron chi connectivity index (χ1n) is 5.47. The number of hydrogen-bond acceptors (Lipinski definition) is 4. The van der Waals surface area contributed by atoms with E-state index >= 15 is 0 Å². The average molecular weight is 266 g/mol. The molecule has 1 aliphatic heterocycles. The largest absolute Gasteiger partial charge is 0.449 e. The second-order valence-electron chi connectivity index (χ2n) is 4.59. The van der Waals surface area contributed by atoms with E-state index in [2.05, 4.69) is 10.2 Å². The van der Waals surface area contributed by atoms with Crippen LogP contribution >= 0.6 is 11.6 Å². The molecular formula is C12H12ClN3O2. The summed E-state index contributed by atoms with van der Waals surface area (Å²) < 4.78 is 11.3. The average Bonchev–Trinajstić information content (AvgIpc) is 2.79. The van der Waals surface area contributed by atoms with Gasteiger partial charge in [-0.25, -0.2) is 0 Å². The first-order chi connectivity index (χ1) is 8.44. The molecule has 0 atom stereocenters. The molecule has 0 amide bonds. The van der Waals surface area contributed by atoms with Gasteiger partial charge in [0.2, 0.25) is 5.79 Å². The lowest BCUT2D eigenvalue weighted by molar-refractivity contribution is -0.0431. The second-order valence-corrected chi connectivity index (χ2v) is 5.00. The summed E-state index contributed by atoms with van der Waals surface area (Å²) in [6, 6.07) is 5.27. The van der Waals surface area contributed by atoms with Gasteiger partial charge in [0.25, 0.3) is 0 Å². The van der Waals surface area contributed by atoms with Crippen LogP contribution in [0, 0.1) is 0 Å². The summed E-state index contributed by atoms with van der Waals surface area (Å²) in [4.78, 5) is 0. The zero-order valence-corrected chi connectivity index (χ0v) is 10.7. The van der Waals surface area contributed by atoms with E-state index in [1.807, 2.05) is 19.9 Å². The zero-order valence-electron chi connectivity index (χ0n) is 9.95. The molecule has 0 unspecified atom stereocenters. The number of nitrogen functional groups attached to an aromatic ring is 1. The standard InChI is InChI=1S/C12H12ClN3O2/c1-12(2)17-9-3-6(7(13)4-10(9)18-12)8-5-11(14)16-15-8/h3-5H,1-2H3,(H3,14,15,16). The molecule has 2 heterocycles. The Hall–Kier alpha value is -1.88. The van der Waals surface area contributed by atoms with E-state index < -0.39 is 5.79 Å². The molecular weight excluding hydrogens is 254 g/mol. The molecule has 1 aliphatic rings.